The number of thiazole rings is 1. The number of aliphatic hydroxyl groups is 1. The Morgan fingerprint density at radius 3 is 2.88 bits per heavy atom. The van der Waals surface area contributed by atoms with Crippen LogP contribution >= 0.6 is 11.3 Å². The monoisotopic (exact) mass is 255 g/mol. The first-order chi connectivity index (χ1) is 8.20. The summed E-state index contributed by atoms with van der Waals surface area (Å²) in [6.07, 6.45) is 2.48. The van der Waals surface area contributed by atoms with Crippen LogP contribution in [0.1, 0.15) is 23.4 Å². The minimum Gasteiger partial charge on any atom is -0.395 e. The van der Waals surface area contributed by atoms with Gasteiger partial charge in [-0.3, -0.25) is 0 Å². The molecule has 4 nitrogen and oxygen atoms in total. The van der Waals surface area contributed by atoms with Gasteiger partial charge >= 0.3 is 0 Å². The fourth-order valence-electron chi connectivity index (χ4n) is 2.16. The van der Waals surface area contributed by atoms with Crippen molar-refractivity contribution >= 4 is 16.5 Å². The molecule has 1 aromatic rings. The molecule has 2 heterocycles. The Balaban J connectivity index is 2.04. The Kier molecular flexibility index (Phi) is 4.36. The first-order valence-corrected chi connectivity index (χ1v) is 7.05. The zero-order valence-electron chi connectivity index (χ0n) is 10.6. The summed E-state index contributed by atoms with van der Waals surface area (Å²) in [4.78, 5) is 8.04. The minimum atomic E-state index is 0.185. The summed E-state index contributed by atoms with van der Waals surface area (Å²) in [6.45, 7) is 7.07. The Morgan fingerprint density at radius 1 is 1.53 bits per heavy atom. The molecular weight excluding hydrogens is 234 g/mol. The lowest BCUT2D eigenvalue weighted by Gasteiger charge is -2.24. The largest absolute Gasteiger partial charge is 0.395 e. The molecule has 1 aromatic heterocycles. The Hall–Kier alpha value is -0.650. The molecule has 1 atom stereocenters. The van der Waals surface area contributed by atoms with Gasteiger partial charge in [0, 0.05) is 24.0 Å². The number of aromatic nitrogens is 1. The molecule has 2 N–H and O–H groups in total. The summed E-state index contributed by atoms with van der Waals surface area (Å²) in [5.41, 5.74) is 1.10. The number of aryl methyl sites for hydroxylation is 2. The zero-order chi connectivity index (χ0) is 12.3. The summed E-state index contributed by atoms with van der Waals surface area (Å²) in [6, 6.07) is 0.547. The van der Waals surface area contributed by atoms with Crippen molar-refractivity contribution < 1.29 is 5.11 Å². The average Bonchev–Trinajstić information content (AvgIpc) is 2.90. The Labute approximate surface area is 107 Å². The van der Waals surface area contributed by atoms with Crippen LogP contribution in [0.5, 0.6) is 0 Å². The van der Waals surface area contributed by atoms with Gasteiger partial charge in [-0.2, -0.15) is 0 Å². The summed E-state index contributed by atoms with van der Waals surface area (Å²) < 4.78 is 0. The number of rotatable bonds is 5. The van der Waals surface area contributed by atoms with E-state index in [1.54, 1.807) is 11.3 Å². The van der Waals surface area contributed by atoms with Crippen LogP contribution in [0.4, 0.5) is 5.13 Å². The maximum atomic E-state index is 9.16. The minimum absolute atomic E-state index is 0.185. The van der Waals surface area contributed by atoms with E-state index in [-0.39, 0.29) is 6.61 Å². The highest BCUT2D eigenvalue weighted by molar-refractivity contribution is 7.15. The number of anilines is 1. The molecule has 17 heavy (non-hydrogen) atoms. The molecule has 0 saturated carbocycles. The van der Waals surface area contributed by atoms with Gasteiger partial charge in [0.1, 0.15) is 0 Å². The summed E-state index contributed by atoms with van der Waals surface area (Å²) in [5, 5.41) is 13.7. The molecule has 2 rings (SSSR count). The molecule has 1 saturated heterocycles. The van der Waals surface area contributed by atoms with E-state index < -0.39 is 0 Å². The molecule has 1 aliphatic heterocycles. The Bertz CT molecular complexity index is 341. The molecule has 1 aliphatic rings. The Morgan fingerprint density at radius 2 is 2.35 bits per heavy atom. The number of nitrogens with one attached hydrogen (secondary N) is 1. The lowest BCUT2D eigenvalue weighted by atomic mass is 10.2. The fourth-order valence-corrected chi connectivity index (χ4v) is 3.10. The van der Waals surface area contributed by atoms with Gasteiger partial charge in [-0.1, -0.05) is 0 Å². The molecule has 5 heteroatoms. The third kappa shape index (κ3) is 3.18. The second-order valence-corrected chi connectivity index (χ2v) is 5.78. The van der Waals surface area contributed by atoms with E-state index >= 15 is 0 Å². The zero-order valence-corrected chi connectivity index (χ0v) is 11.4. The highest BCUT2D eigenvalue weighted by Crippen LogP contribution is 2.25. The van der Waals surface area contributed by atoms with Crippen molar-refractivity contribution in [3.05, 3.63) is 10.6 Å². The van der Waals surface area contributed by atoms with Gasteiger partial charge in [0.2, 0.25) is 0 Å². The van der Waals surface area contributed by atoms with Crippen LogP contribution in [-0.2, 0) is 0 Å². The van der Waals surface area contributed by atoms with Crippen molar-refractivity contribution in [3.63, 3.8) is 0 Å². The van der Waals surface area contributed by atoms with Crippen molar-refractivity contribution in [2.45, 2.75) is 32.7 Å². The van der Waals surface area contributed by atoms with Crippen LogP contribution in [0.2, 0.25) is 0 Å². The summed E-state index contributed by atoms with van der Waals surface area (Å²) in [5.74, 6) is 0. The van der Waals surface area contributed by atoms with Gasteiger partial charge in [0.05, 0.1) is 12.3 Å². The number of aliphatic hydroxyl groups excluding tert-OH is 1. The first kappa shape index (κ1) is 12.8. The standard InChI is InChI=1S/C12H21N3OS/c1-9-10(2)17-12(14-9)15(6-7-16)8-11-4-3-5-13-11/h11,13,16H,3-8H2,1-2H3. The van der Waals surface area contributed by atoms with Crippen molar-refractivity contribution in [3.8, 4) is 0 Å². The van der Waals surface area contributed by atoms with Gasteiger partial charge in [-0.25, -0.2) is 4.98 Å². The quantitative estimate of drug-likeness (QED) is 0.833. The highest BCUT2D eigenvalue weighted by atomic mass is 32.1. The first-order valence-electron chi connectivity index (χ1n) is 6.24. The molecule has 1 fully saturated rings. The molecule has 96 valence electrons. The van der Waals surface area contributed by atoms with Crippen LogP contribution in [0.15, 0.2) is 0 Å². The van der Waals surface area contributed by atoms with E-state index in [4.69, 9.17) is 5.11 Å². The summed E-state index contributed by atoms with van der Waals surface area (Å²) in [7, 11) is 0. The van der Waals surface area contributed by atoms with E-state index in [1.807, 2.05) is 6.92 Å². The molecule has 0 radical (unpaired) electrons. The third-order valence-corrected chi connectivity index (χ3v) is 4.39. The topological polar surface area (TPSA) is 48.4 Å². The van der Waals surface area contributed by atoms with Crippen molar-refractivity contribution in [2.24, 2.45) is 0 Å². The van der Waals surface area contributed by atoms with Crippen molar-refractivity contribution in [2.75, 3.05) is 31.1 Å². The molecule has 0 aliphatic carbocycles. The van der Waals surface area contributed by atoms with Crippen molar-refractivity contribution in [1.29, 1.82) is 0 Å². The van der Waals surface area contributed by atoms with Crippen LogP contribution in [0.3, 0.4) is 0 Å². The molecule has 0 spiro atoms. The predicted octanol–water partition coefficient (Wildman–Crippen LogP) is 1.31. The second kappa shape index (κ2) is 5.80. The number of hydrogen-bond acceptors (Lipinski definition) is 5. The van der Waals surface area contributed by atoms with Gasteiger partial charge in [0.25, 0.3) is 0 Å². The van der Waals surface area contributed by atoms with E-state index in [0.717, 1.165) is 23.9 Å². The number of hydrogen-bond donors (Lipinski definition) is 2. The molecule has 0 aromatic carbocycles. The third-order valence-electron chi connectivity index (χ3n) is 3.26. The average molecular weight is 255 g/mol. The number of nitrogens with zero attached hydrogens (tertiary/aromatic N) is 2. The molecule has 0 amide bonds. The van der Waals surface area contributed by atoms with E-state index in [9.17, 15) is 0 Å². The molecular formula is C12H21N3OS. The maximum absolute atomic E-state index is 9.16. The van der Waals surface area contributed by atoms with Gasteiger partial charge in [-0.15, -0.1) is 11.3 Å². The smallest absolute Gasteiger partial charge is 0.185 e. The lowest BCUT2D eigenvalue weighted by Crippen LogP contribution is -2.39. The van der Waals surface area contributed by atoms with E-state index in [1.165, 1.54) is 17.7 Å². The fraction of sp³-hybridized carbons (Fsp3) is 0.750. The van der Waals surface area contributed by atoms with Crippen molar-refractivity contribution in [1.82, 2.24) is 10.3 Å². The van der Waals surface area contributed by atoms with Gasteiger partial charge in [0.15, 0.2) is 5.13 Å². The summed E-state index contributed by atoms with van der Waals surface area (Å²) >= 11 is 1.72. The van der Waals surface area contributed by atoms with E-state index in [2.05, 4.69) is 22.1 Å². The SMILES string of the molecule is Cc1nc(N(CCO)CC2CCCN2)sc1C. The lowest BCUT2D eigenvalue weighted by molar-refractivity contribution is 0.300. The van der Waals surface area contributed by atoms with Crippen LogP contribution < -0.4 is 10.2 Å². The van der Waals surface area contributed by atoms with Gasteiger partial charge < -0.3 is 15.3 Å². The normalized spacial score (nSPS) is 19.8. The van der Waals surface area contributed by atoms with Gasteiger partial charge in [-0.05, 0) is 33.2 Å². The van der Waals surface area contributed by atoms with Crippen LogP contribution in [0.25, 0.3) is 0 Å². The highest BCUT2D eigenvalue weighted by Gasteiger charge is 2.20. The van der Waals surface area contributed by atoms with Crippen LogP contribution in [-0.4, -0.2) is 42.4 Å². The second-order valence-electron chi connectivity index (χ2n) is 4.60. The van der Waals surface area contributed by atoms with E-state index in [0.29, 0.717) is 12.6 Å². The predicted molar refractivity (Wildman–Crippen MR) is 71.9 cm³/mol. The molecule has 1 unspecified atom stereocenters. The molecule has 0 bridgehead atoms. The maximum Gasteiger partial charge on any atom is 0.185 e. The van der Waals surface area contributed by atoms with Crippen LogP contribution in [0, 0.1) is 13.8 Å².